The van der Waals surface area contributed by atoms with Gasteiger partial charge >= 0.3 is 0 Å². The summed E-state index contributed by atoms with van der Waals surface area (Å²) in [5.74, 6) is 1.73. The molecule has 1 aliphatic rings. The first-order chi connectivity index (χ1) is 9.31. The molecule has 1 aromatic carbocycles. The van der Waals surface area contributed by atoms with Gasteiger partial charge < -0.3 is 10.2 Å². The molecule has 2 heterocycles. The van der Waals surface area contributed by atoms with E-state index in [4.69, 9.17) is 0 Å². The van der Waals surface area contributed by atoms with E-state index in [2.05, 4.69) is 53.5 Å². The number of hydrogen-bond donors (Lipinski definition) is 2. The van der Waals surface area contributed by atoms with Crippen molar-refractivity contribution in [1.82, 2.24) is 20.5 Å². The predicted molar refractivity (Wildman–Crippen MR) is 78.4 cm³/mol. The molecule has 5 nitrogen and oxygen atoms in total. The van der Waals surface area contributed by atoms with Gasteiger partial charge in [-0.1, -0.05) is 28.1 Å². The van der Waals surface area contributed by atoms with E-state index < -0.39 is 0 Å². The van der Waals surface area contributed by atoms with Gasteiger partial charge in [0.15, 0.2) is 0 Å². The van der Waals surface area contributed by atoms with Crippen LogP contribution in [0.3, 0.4) is 0 Å². The highest BCUT2D eigenvalue weighted by atomic mass is 79.9. The molecule has 6 heteroatoms. The Hall–Kier alpha value is -1.40. The van der Waals surface area contributed by atoms with Crippen LogP contribution in [0, 0.1) is 0 Å². The third-order valence-corrected chi connectivity index (χ3v) is 3.73. The second-order valence-electron chi connectivity index (χ2n) is 4.62. The van der Waals surface area contributed by atoms with Crippen LogP contribution in [0.25, 0.3) is 0 Å². The molecule has 0 spiro atoms. The second kappa shape index (κ2) is 5.71. The lowest BCUT2D eigenvalue weighted by Gasteiger charge is -2.25. The molecule has 2 N–H and O–H groups in total. The Bertz CT molecular complexity index is 530. The van der Waals surface area contributed by atoms with Crippen LogP contribution in [-0.2, 0) is 6.42 Å². The van der Waals surface area contributed by atoms with Crippen LogP contribution >= 0.6 is 15.9 Å². The van der Waals surface area contributed by atoms with Crippen LogP contribution in [0.15, 0.2) is 28.7 Å². The SMILES string of the molecule is Brc1ccc(Cc2nc(N3CCNCC3)n[nH]2)cc1. The van der Waals surface area contributed by atoms with Gasteiger partial charge in [-0.05, 0) is 17.7 Å². The third kappa shape index (κ3) is 3.13. The first kappa shape index (κ1) is 12.6. The molecule has 0 amide bonds. The molecule has 3 rings (SSSR count). The minimum atomic E-state index is 0.784. The average molecular weight is 322 g/mol. The fourth-order valence-corrected chi connectivity index (χ4v) is 2.43. The van der Waals surface area contributed by atoms with Crippen LogP contribution in [0.4, 0.5) is 5.95 Å². The number of benzene rings is 1. The normalized spacial score (nSPS) is 15.7. The van der Waals surface area contributed by atoms with E-state index in [9.17, 15) is 0 Å². The van der Waals surface area contributed by atoms with Crippen LogP contribution in [0.2, 0.25) is 0 Å². The minimum absolute atomic E-state index is 0.784. The van der Waals surface area contributed by atoms with Gasteiger partial charge in [0.2, 0.25) is 5.95 Å². The topological polar surface area (TPSA) is 56.8 Å². The Kier molecular flexibility index (Phi) is 3.79. The molecule has 1 saturated heterocycles. The Balaban J connectivity index is 1.68. The van der Waals surface area contributed by atoms with Gasteiger partial charge in [0.1, 0.15) is 5.82 Å². The van der Waals surface area contributed by atoms with Crippen LogP contribution in [0.1, 0.15) is 11.4 Å². The molecule has 0 atom stereocenters. The van der Waals surface area contributed by atoms with Crippen molar-refractivity contribution in [3.63, 3.8) is 0 Å². The van der Waals surface area contributed by atoms with Crippen molar-refractivity contribution < 1.29 is 0 Å². The molecule has 0 bridgehead atoms. The van der Waals surface area contributed by atoms with E-state index in [1.807, 2.05) is 12.1 Å². The number of nitrogens with one attached hydrogen (secondary N) is 2. The molecule has 19 heavy (non-hydrogen) atoms. The summed E-state index contributed by atoms with van der Waals surface area (Å²) in [5.41, 5.74) is 1.23. The largest absolute Gasteiger partial charge is 0.337 e. The van der Waals surface area contributed by atoms with Crippen molar-refractivity contribution in [3.8, 4) is 0 Å². The Morgan fingerprint density at radius 2 is 1.89 bits per heavy atom. The van der Waals surface area contributed by atoms with Gasteiger partial charge in [0.05, 0.1) is 0 Å². The van der Waals surface area contributed by atoms with E-state index in [0.717, 1.165) is 48.8 Å². The first-order valence-corrected chi connectivity index (χ1v) is 7.22. The van der Waals surface area contributed by atoms with Crippen molar-refractivity contribution in [2.24, 2.45) is 0 Å². The number of hydrogen-bond acceptors (Lipinski definition) is 4. The van der Waals surface area contributed by atoms with Crippen molar-refractivity contribution in [2.75, 3.05) is 31.1 Å². The molecular formula is C13H16BrN5. The fourth-order valence-electron chi connectivity index (χ4n) is 2.17. The number of nitrogens with zero attached hydrogens (tertiary/aromatic N) is 3. The van der Waals surface area contributed by atoms with Gasteiger partial charge in [-0.3, -0.25) is 5.10 Å². The third-order valence-electron chi connectivity index (χ3n) is 3.20. The summed E-state index contributed by atoms with van der Waals surface area (Å²) in [7, 11) is 0. The molecule has 1 aliphatic heterocycles. The van der Waals surface area contributed by atoms with Gasteiger partial charge in [-0.25, -0.2) is 0 Å². The molecule has 0 unspecified atom stereocenters. The monoisotopic (exact) mass is 321 g/mol. The van der Waals surface area contributed by atoms with Crippen molar-refractivity contribution in [2.45, 2.75) is 6.42 Å². The quantitative estimate of drug-likeness (QED) is 0.901. The Morgan fingerprint density at radius 3 is 2.63 bits per heavy atom. The predicted octanol–water partition coefficient (Wildman–Crippen LogP) is 1.57. The number of rotatable bonds is 3. The maximum Gasteiger partial charge on any atom is 0.244 e. The van der Waals surface area contributed by atoms with Crippen molar-refractivity contribution in [1.29, 1.82) is 0 Å². The molecule has 0 aliphatic carbocycles. The minimum Gasteiger partial charge on any atom is -0.337 e. The van der Waals surface area contributed by atoms with Crippen LogP contribution in [0.5, 0.6) is 0 Å². The summed E-state index contributed by atoms with van der Waals surface area (Å²) < 4.78 is 1.09. The Morgan fingerprint density at radius 1 is 1.16 bits per heavy atom. The first-order valence-electron chi connectivity index (χ1n) is 6.43. The van der Waals surface area contributed by atoms with E-state index in [-0.39, 0.29) is 0 Å². The maximum atomic E-state index is 4.57. The average Bonchev–Trinajstić information content (AvgIpc) is 2.91. The number of halogens is 1. The van der Waals surface area contributed by atoms with E-state index in [1.54, 1.807) is 0 Å². The molecule has 1 aromatic heterocycles. The smallest absolute Gasteiger partial charge is 0.244 e. The Labute approximate surface area is 120 Å². The maximum absolute atomic E-state index is 4.57. The highest BCUT2D eigenvalue weighted by Gasteiger charge is 2.14. The standard InChI is InChI=1S/C13H16BrN5/c14-11-3-1-10(2-4-11)9-12-16-13(18-17-12)19-7-5-15-6-8-19/h1-4,15H,5-9H2,(H,16,17,18). The van der Waals surface area contributed by atoms with E-state index in [0.29, 0.717) is 0 Å². The lowest BCUT2D eigenvalue weighted by atomic mass is 10.1. The molecule has 0 saturated carbocycles. The fraction of sp³-hybridized carbons (Fsp3) is 0.385. The molecule has 1 fully saturated rings. The number of anilines is 1. The zero-order valence-corrected chi connectivity index (χ0v) is 12.2. The van der Waals surface area contributed by atoms with Crippen LogP contribution < -0.4 is 10.2 Å². The molecule has 0 radical (unpaired) electrons. The summed E-state index contributed by atoms with van der Waals surface area (Å²) in [6, 6.07) is 8.28. The summed E-state index contributed by atoms with van der Waals surface area (Å²) in [6.07, 6.45) is 0.784. The molecule has 100 valence electrons. The molecular weight excluding hydrogens is 306 g/mol. The van der Waals surface area contributed by atoms with Gasteiger partial charge in [-0.2, -0.15) is 4.98 Å². The van der Waals surface area contributed by atoms with Gasteiger partial charge in [0.25, 0.3) is 0 Å². The van der Waals surface area contributed by atoms with E-state index in [1.165, 1.54) is 5.56 Å². The summed E-state index contributed by atoms with van der Waals surface area (Å²) in [4.78, 5) is 6.78. The number of H-pyrrole nitrogens is 1. The zero-order valence-electron chi connectivity index (χ0n) is 10.6. The van der Waals surface area contributed by atoms with E-state index >= 15 is 0 Å². The van der Waals surface area contributed by atoms with Crippen LogP contribution in [-0.4, -0.2) is 41.4 Å². The molecule has 2 aromatic rings. The number of aromatic nitrogens is 3. The lowest BCUT2D eigenvalue weighted by Crippen LogP contribution is -2.44. The summed E-state index contributed by atoms with van der Waals surface area (Å²) in [6.45, 7) is 3.93. The van der Waals surface area contributed by atoms with Gasteiger partial charge in [-0.15, -0.1) is 5.10 Å². The number of piperazine rings is 1. The highest BCUT2D eigenvalue weighted by Crippen LogP contribution is 2.14. The zero-order chi connectivity index (χ0) is 13.1. The van der Waals surface area contributed by atoms with Gasteiger partial charge in [0, 0.05) is 37.1 Å². The lowest BCUT2D eigenvalue weighted by molar-refractivity contribution is 0.580. The second-order valence-corrected chi connectivity index (χ2v) is 5.54. The summed E-state index contributed by atoms with van der Waals surface area (Å²) in [5, 5.41) is 10.7. The highest BCUT2D eigenvalue weighted by molar-refractivity contribution is 9.10. The number of aromatic amines is 1. The van der Waals surface area contributed by atoms with Crippen molar-refractivity contribution in [3.05, 3.63) is 40.1 Å². The summed E-state index contributed by atoms with van der Waals surface area (Å²) >= 11 is 3.44. The van der Waals surface area contributed by atoms with Crippen molar-refractivity contribution >= 4 is 21.9 Å².